The molecule has 5 nitrogen and oxygen atoms in total. The molecule has 0 aliphatic heterocycles. The number of carbonyl (C=O) groups is 1. The molecular formula is C18H13NO4. The molecular weight excluding hydrogens is 294 g/mol. The van der Waals surface area contributed by atoms with Gasteiger partial charge < -0.3 is 4.74 Å². The van der Waals surface area contributed by atoms with Gasteiger partial charge in [0.2, 0.25) is 0 Å². The van der Waals surface area contributed by atoms with Gasteiger partial charge in [0, 0.05) is 12.1 Å². The number of hydrogen-bond acceptors (Lipinski definition) is 4. The minimum Gasteiger partial charge on any atom is -0.457 e. The van der Waals surface area contributed by atoms with Crippen LogP contribution in [-0.2, 0) is 11.3 Å². The lowest BCUT2D eigenvalue weighted by Gasteiger charge is -2.07. The third-order valence-electron chi connectivity index (χ3n) is 3.53. The SMILES string of the molecule is O=C(OCc1ccc([N+](=O)[O-])cc1)c1cccc2ccccc12. The number of benzene rings is 3. The first-order valence-electron chi connectivity index (χ1n) is 7.03. The summed E-state index contributed by atoms with van der Waals surface area (Å²) >= 11 is 0. The summed E-state index contributed by atoms with van der Waals surface area (Å²) in [6, 6.07) is 19.0. The molecule has 0 saturated carbocycles. The number of ether oxygens (including phenoxy) is 1. The first-order valence-corrected chi connectivity index (χ1v) is 7.03. The number of nitrogens with zero attached hydrogens (tertiary/aromatic N) is 1. The molecule has 0 heterocycles. The van der Waals surface area contributed by atoms with Crippen LogP contribution in [0.5, 0.6) is 0 Å². The van der Waals surface area contributed by atoms with Crippen molar-refractivity contribution < 1.29 is 14.5 Å². The minimum absolute atomic E-state index is 0.00845. The van der Waals surface area contributed by atoms with Gasteiger partial charge in [-0.3, -0.25) is 10.1 Å². The first-order chi connectivity index (χ1) is 11.1. The summed E-state index contributed by atoms with van der Waals surface area (Å²) in [4.78, 5) is 22.4. The fourth-order valence-corrected chi connectivity index (χ4v) is 2.34. The smallest absolute Gasteiger partial charge is 0.339 e. The monoisotopic (exact) mass is 307 g/mol. The van der Waals surface area contributed by atoms with Gasteiger partial charge in [-0.2, -0.15) is 0 Å². The molecule has 3 aromatic rings. The van der Waals surface area contributed by atoms with Crippen molar-refractivity contribution in [1.29, 1.82) is 0 Å². The Morgan fingerprint density at radius 1 is 0.957 bits per heavy atom. The van der Waals surface area contributed by atoms with Gasteiger partial charge in [-0.25, -0.2) is 4.79 Å². The summed E-state index contributed by atoms with van der Waals surface area (Å²) in [5.74, 6) is -0.417. The average molecular weight is 307 g/mol. The van der Waals surface area contributed by atoms with Crippen molar-refractivity contribution in [2.75, 3.05) is 0 Å². The van der Waals surface area contributed by atoms with Crippen molar-refractivity contribution in [3.8, 4) is 0 Å². The zero-order chi connectivity index (χ0) is 16.2. The molecule has 0 fully saturated rings. The Morgan fingerprint density at radius 2 is 1.65 bits per heavy atom. The number of carbonyl (C=O) groups excluding carboxylic acids is 1. The maximum absolute atomic E-state index is 12.3. The molecule has 0 aromatic heterocycles. The molecule has 0 amide bonds. The zero-order valence-electron chi connectivity index (χ0n) is 12.1. The van der Waals surface area contributed by atoms with Gasteiger partial charge in [-0.15, -0.1) is 0 Å². The molecule has 3 rings (SSSR count). The van der Waals surface area contributed by atoms with E-state index in [1.54, 1.807) is 18.2 Å². The Labute approximate surface area is 132 Å². The molecule has 23 heavy (non-hydrogen) atoms. The van der Waals surface area contributed by atoms with Crippen LogP contribution in [0.3, 0.4) is 0 Å². The summed E-state index contributed by atoms with van der Waals surface area (Å²) in [5.41, 5.74) is 1.21. The molecule has 0 bridgehead atoms. The topological polar surface area (TPSA) is 69.4 Å². The summed E-state index contributed by atoms with van der Waals surface area (Å²) in [6.07, 6.45) is 0. The van der Waals surface area contributed by atoms with Crippen LogP contribution in [-0.4, -0.2) is 10.9 Å². The second-order valence-electron chi connectivity index (χ2n) is 5.03. The third kappa shape index (κ3) is 3.18. The van der Waals surface area contributed by atoms with E-state index < -0.39 is 10.9 Å². The van der Waals surface area contributed by atoms with Gasteiger partial charge in [-0.05, 0) is 34.5 Å². The second-order valence-corrected chi connectivity index (χ2v) is 5.03. The molecule has 0 unspecified atom stereocenters. The highest BCUT2D eigenvalue weighted by Crippen LogP contribution is 2.20. The first kappa shape index (κ1) is 14.7. The Bertz CT molecular complexity index is 866. The van der Waals surface area contributed by atoms with Crippen LogP contribution in [0.15, 0.2) is 66.7 Å². The van der Waals surface area contributed by atoms with E-state index in [0.717, 1.165) is 10.8 Å². The number of nitro groups is 1. The number of esters is 1. The molecule has 0 aliphatic carbocycles. The Kier molecular flexibility index (Phi) is 4.01. The Morgan fingerprint density at radius 3 is 2.39 bits per heavy atom. The van der Waals surface area contributed by atoms with Crippen LogP contribution in [0.2, 0.25) is 0 Å². The van der Waals surface area contributed by atoms with Gasteiger partial charge in [0.1, 0.15) is 6.61 Å². The number of rotatable bonds is 4. The van der Waals surface area contributed by atoms with Gasteiger partial charge in [0.15, 0.2) is 0 Å². The number of non-ortho nitro benzene ring substituents is 1. The average Bonchev–Trinajstić information content (AvgIpc) is 2.59. The van der Waals surface area contributed by atoms with E-state index in [4.69, 9.17) is 4.74 Å². The normalized spacial score (nSPS) is 10.4. The van der Waals surface area contributed by atoms with E-state index >= 15 is 0 Å². The molecule has 0 saturated heterocycles. The zero-order valence-corrected chi connectivity index (χ0v) is 12.1. The van der Waals surface area contributed by atoms with Crippen LogP contribution in [0, 0.1) is 10.1 Å². The Balaban J connectivity index is 1.75. The van der Waals surface area contributed by atoms with Crippen molar-refractivity contribution in [3.05, 3.63) is 88.0 Å². The van der Waals surface area contributed by atoms with E-state index in [1.807, 2.05) is 36.4 Å². The highest BCUT2D eigenvalue weighted by atomic mass is 16.6. The lowest BCUT2D eigenvalue weighted by Crippen LogP contribution is -2.06. The van der Waals surface area contributed by atoms with Crippen molar-refractivity contribution >= 4 is 22.4 Å². The van der Waals surface area contributed by atoms with Crippen molar-refractivity contribution in [1.82, 2.24) is 0 Å². The Hall–Kier alpha value is -3.21. The molecule has 114 valence electrons. The molecule has 0 radical (unpaired) electrons. The van der Waals surface area contributed by atoms with Gasteiger partial charge in [0.25, 0.3) is 5.69 Å². The van der Waals surface area contributed by atoms with Crippen LogP contribution >= 0.6 is 0 Å². The molecule has 0 aliphatic rings. The largest absolute Gasteiger partial charge is 0.457 e. The number of nitro benzene ring substituents is 1. The summed E-state index contributed by atoms with van der Waals surface area (Å²) < 4.78 is 5.31. The van der Waals surface area contributed by atoms with Gasteiger partial charge in [0.05, 0.1) is 10.5 Å². The lowest BCUT2D eigenvalue weighted by molar-refractivity contribution is -0.384. The predicted molar refractivity (Wildman–Crippen MR) is 86.2 cm³/mol. The van der Waals surface area contributed by atoms with Gasteiger partial charge in [-0.1, -0.05) is 36.4 Å². The second kappa shape index (κ2) is 6.27. The van der Waals surface area contributed by atoms with Crippen molar-refractivity contribution in [2.24, 2.45) is 0 Å². The number of fused-ring (bicyclic) bond motifs is 1. The maximum atomic E-state index is 12.3. The van der Waals surface area contributed by atoms with Crippen LogP contribution < -0.4 is 0 Å². The summed E-state index contributed by atoms with van der Waals surface area (Å²) in [5, 5.41) is 12.4. The summed E-state index contributed by atoms with van der Waals surface area (Å²) in [6.45, 7) is 0.0695. The van der Waals surface area contributed by atoms with Crippen molar-refractivity contribution in [3.63, 3.8) is 0 Å². The quantitative estimate of drug-likeness (QED) is 0.413. The van der Waals surface area contributed by atoms with Crippen molar-refractivity contribution in [2.45, 2.75) is 6.61 Å². The highest BCUT2D eigenvalue weighted by Gasteiger charge is 2.11. The third-order valence-corrected chi connectivity index (χ3v) is 3.53. The summed E-state index contributed by atoms with van der Waals surface area (Å²) in [7, 11) is 0. The minimum atomic E-state index is -0.466. The van der Waals surface area contributed by atoms with E-state index in [-0.39, 0.29) is 12.3 Å². The fraction of sp³-hybridized carbons (Fsp3) is 0.0556. The van der Waals surface area contributed by atoms with Crippen LogP contribution in [0.25, 0.3) is 10.8 Å². The fourth-order valence-electron chi connectivity index (χ4n) is 2.34. The van der Waals surface area contributed by atoms with Crippen LogP contribution in [0.4, 0.5) is 5.69 Å². The maximum Gasteiger partial charge on any atom is 0.339 e. The van der Waals surface area contributed by atoms with E-state index in [0.29, 0.717) is 11.1 Å². The standard InChI is InChI=1S/C18H13NO4/c20-18(17-7-3-5-14-4-1-2-6-16(14)17)23-12-13-8-10-15(11-9-13)19(21)22/h1-11H,12H2. The highest BCUT2D eigenvalue weighted by molar-refractivity contribution is 6.04. The molecule has 0 spiro atoms. The van der Waals surface area contributed by atoms with E-state index in [2.05, 4.69) is 0 Å². The van der Waals surface area contributed by atoms with E-state index in [9.17, 15) is 14.9 Å². The van der Waals surface area contributed by atoms with Gasteiger partial charge >= 0.3 is 5.97 Å². The molecule has 0 atom stereocenters. The molecule has 0 N–H and O–H groups in total. The van der Waals surface area contributed by atoms with Crippen LogP contribution in [0.1, 0.15) is 15.9 Å². The molecule has 5 heteroatoms. The lowest BCUT2D eigenvalue weighted by atomic mass is 10.0. The molecule has 3 aromatic carbocycles. The predicted octanol–water partition coefficient (Wildman–Crippen LogP) is 4.11. The number of hydrogen-bond donors (Lipinski definition) is 0. The van der Waals surface area contributed by atoms with E-state index in [1.165, 1.54) is 12.1 Å².